The number of amides is 1. The second kappa shape index (κ2) is 11.7. The summed E-state index contributed by atoms with van der Waals surface area (Å²) in [5, 5.41) is 6.10. The van der Waals surface area contributed by atoms with Gasteiger partial charge in [-0.3, -0.25) is 9.59 Å². The summed E-state index contributed by atoms with van der Waals surface area (Å²) in [6, 6.07) is 27.7. The Morgan fingerprint density at radius 3 is 1.94 bits per heavy atom. The normalized spacial score (nSPS) is 11.6. The maximum atomic E-state index is 13.1. The Morgan fingerprint density at radius 1 is 0.844 bits per heavy atom. The molecule has 3 aromatic carbocycles. The van der Waals surface area contributed by atoms with Gasteiger partial charge >= 0.3 is 5.97 Å². The lowest BCUT2D eigenvalue weighted by Crippen LogP contribution is -2.43. The molecule has 166 valence electrons. The smallest absolute Gasteiger partial charge is 0.325 e. The Hall–Kier alpha value is -3.60. The summed E-state index contributed by atoms with van der Waals surface area (Å²) in [4.78, 5) is 24.9. The SMILES string of the molecule is CCOC(=O)CNC(=O)C(CC(c1ccccc1)c1ccccc1)Nc1ccc(C)cc1. The van der Waals surface area contributed by atoms with Crippen LogP contribution in [0.5, 0.6) is 0 Å². The monoisotopic (exact) mass is 430 g/mol. The molecule has 32 heavy (non-hydrogen) atoms. The minimum Gasteiger partial charge on any atom is -0.465 e. The predicted octanol–water partition coefficient (Wildman–Crippen LogP) is 4.68. The minimum atomic E-state index is -0.544. The molecule has 1 unspecified atom stereocenters. The largest absolute Gasteiger partial charge is 0.465 e. The zero-order chi connectivity index (χ0) is 22.8. The second-order valence-corrected chi connectivity index (χ2v) is 7.70. The van der Waals surface area contributed by atoms with Crippen molar-refractivity contribution >= 4 is 17.6 Å². The molecule has 0 aromatic heterocycles. The van der Waals surface area contributed by atoms with E-state index in [-0.39, 0.29) is 25.0 Å². The van der Waals surface area contributed by atoms with E-state index in [9.17, 15) is 9.59 Å². The van der Waals surface area contributed by atoms with Crippen LogP contribution < -0.4 is 10.6 Å². The van der Waals surface area contributed by atoms with Gasteiger partial charge in [0, 0.05) is 11.6 Å². The molecule has 0 saturated carbocycles. The lowest BCUT2D eigenvalue weighted by Gasteiger charge is -2.25. The van der Waals surface area contributed by atoms with Gasteiger partial charge in [0.1, 0.15) is 12.6 Å². The van der Waals surface area contributed by atoms with Crippen LogP contribution >= 0.6 is 0 Å². The molecule has 3 rings (SSSR count). The molecule has 1 atom stereocenters. The second-order valence-electron chi connectivity index (χ2n) is 7.70. The zero-order valence-electron chi connectivity index (χ0n) is 18.6. The van der Waals surface area contributed by atoms with E-state index in [0.29, 0.717) is 6.42 Å². The molecule has 0 spiro atoms. The summed E-state index contributed by atoms with van der Waals surface area (Å²) < 4.78 is 4.95. The van der Waals surface area contributed by atoms with E-state index in [1.54, 1.807) is 6.92 Å². The van der Waals surface area contributed by atoms with Crippen molar-refractivity contribution < 1.29 is 14.3 Å². The highest BCUT2D eigenvalue weighted by Crippen LogP contribution is 2.30. The summed E-state index contributed by atoms with van der Waals surface area (Å²) in [6.45, 7) is 3.89. The van der Waals surface area contributed by atoms with Crippen molar-refractivity contribution in [3.8, 4) is 0 Å². The van der Waals surface area contributed by atoms with Gasteiger partial charge < -0.3 is 15.4 Å². The van der Waals surface area contributed by atoms with Gasteiger partial charge in [0.05, 0.1) is 6.61 Å². The first kappa shape index (κ1) is 23.1. The van der Waals surface area contributed by atoms with Gasteiger partial charge in [0.2, 0.25) is 5.91 Å². The number of rotatable bonds is 10. The summed E-state index contributed by atoms with van der Waals surface area (Å²) in [5.41, 5.74) is 4.26. The number of anilines is 1. The fraction of sp³-hybridized carbons (Fsp3) is 0.259. The third-order valence-electron chi connectivity index (χ3n) is 5.30. The topological polar surface area (TPSA) is 67.4 Å². The number of carbonyl (C=O) groups is 2. The van der Waals surface area contributed by atoms with Crippen LogP contribution in [-0.4, -0.2) is 31.1 Å². The highest BCUT2D eigenvalue weighted by atomic mass is 16.5. The number of hydrogen-bond acceptors (Lipinski definition) is 4. The zero-order valence-corrected chi connectivity index (χ0v) is 18.6. The molecule has 5 nitrogen and oxygen atoms in total. The molecule has 0 fully saturated rings. The number of benzene rings is 3. The quantitative estimate of drug-likeness (QED) is 0.459. The van der Waals surface area contributed by atoms with Gasteiger partial charge in [-0.15, -0.1) is 0 Å². The number of ether oxygens (including phenoxy) is 1. The van der Waals surface area contributed by atoms with Crippen molar-refractivity contribution in [1.82, 2.24) is 5.32 Å². The maximum absolute atomic E-state index is 13.1. The molecular formula is C27H30N2O3. The van der Waals surface area contributed by atoms with Crippen LogP contribution in [0.3, 0.4) is 0 Å². The van der Waals surface area contributed by atoms with Crippen molar-refractivity contribution in [3.63, 3.8) is 0 Å². The van der Waals surface area contributed by atoms with Crippen LogP contribution in [0.1, 0.15) is 36.0 Å². The molecular weight excluding hydrogens is 400 g/mol. The Kier molecular flexibility index (Phi) is 8.44. The lowest BCUT2D eigenvalue weighted by atomic mass is 9.85. The van der Waals surface area contributed by atoms with Crippen LogP contribution in [0.15, 0.2) is 84.9 Å². The van der Waals surface area contributed by atoms with Gasteiger partial charge in [-0.05, 0) is 43.5 Å². The highest BCUT2D eigenvalue weighted by Gasteiger charge is 2.25. The van der Waals surface area contributed by atoms with E-state index in [1.807, 2.05) is 67.6 Å². The van der Waals surface area contributed by atoms with Gasteiger partial charge in [0.15, 0.2) is 0 Å². The number of aryl methyl sites for hydroxylation is 1. The molecule has 0 aliphatic carbocycles. The van der Waals surface area contributed by atoms with E-state index in [4.69, 9.17) is 4.74 Å². The third-order valence-corrected chi connectivity index (χ3v) is 5.30. The summed E-state index contributed by atoms with van der Waals surface area (Å²) in [6.07, 6.45) is 0.524. The fourth-order valence-corrected chi connectivity index (χ4v) is 3.65. The Bertz CT molecular complexity index is 949. The molecule has 1 amide bonds. The lowest BCUT2D eigenvalue weighted by molar-refractivity contribution is -0.143. The van der Waals surface area contributed by atoms with E-state index in [1.165, 1.54) is 0 Å². The molecule has 0 aliphatic rings. The average molecular weight is 431 g/mol. The van der Waals surface area contributed by atoms with Crippen LogP contribution in [0.25, 0.3) is 0 Å². The summed E-state index contributed by atoms with van der Waals surface area (Å²) in [5.74, 6) is -0.679. The van der Waals surface area contributed by atoms with Crippen molar-refractivity contribution in [2.75, 3.05) is 18.5 Å². The molecule has 0 heterocycles. The van der Waals surface area contributed by atoms with Crippen LogP contribution in [0.4, 0.5) is 5.69 Å². The molecule has 5 heteroatoms. The first-order valence-corrected chi connectivity index (χ1v) is 10.9. The first-order chi connectivity index (χ1) is 15.6. The number of carbonyl (C=O) groups excluding carboxylic acids is 2. The van der Waals surface area contributed by atoms with Gasteiger partial charge in [0.25, 0.3) is 0 Å². The minimum absolute atomic E-state index is 0.00805. The third kappa shape index (κ3) is 6.71. The van der Waals surface area contributed by atoms with Gasteiger partial charge in [-0.2, -0.15) is 0 Å². The van der Waals surface area contributed by atoms with E-state index >= 15 is 0 Å². The standard InChI is InChI=1S/C27H30N2O3/c1-3-32-26(30)19-28-27(31)25(29-23-16-14-20(2)15-17-23)18-24(21-10-6-4-7-11-21)22-12-8-5-9-13-22/h4-17,24-25,29H,3,18-19H2,1-2H3,(H,28,31). The molecule has 0 aliphatic heterocycles. The van der Waals surface area contributed by atoms with E-state index in [2.05, 4.69) is 34.9 Å². The summed E-state index contributed by atoms with van der Waals surface area (Å²) in [7, 11) is 0. The van der Waals surface area contributed by atoms with Crippen molar-refractivity contribution in [3.05, 3.63) is 102 Å². The summed E-state index contributed by atoms with van der Waals surface area (Å²) >= 11 is 0. The molecule has 3 aromatic rings. The predicted molar refractivity (Wildman–Crippen MR) is 128 cm³/mol. The van der Waals surface area contributed by atoms with Crippen LogP contribution in [0, 0.1) is 6.92 Å². The number of hydrogen-bond donors (Lipinski definition) is 2. The van der Waals surface area contributed by atoms with Gasteiger partial charge in [-0.1, -0.05) is 78.4 Å². The Balaban J connectivity index is 1.86. The van der Waals surface area contributed by atoms with E-state index < -0.39 is 12.0 Å². The first-order valence-electron chi connectivity index (χ1n) is 10.9. The van der Waals surface area contributed by atoms with Crippen LogP contribution in [-0.2, 0) is 14.3 Å². The van der Waals surface area contributed by atoms with Crippen molar-refractivity contribution in [2.45, 2.75) is 32.2 Å². The molecule has 0 saturated heterocycles. The number of esters is 1. The molecule has 2 N–H and O–H groups in total. The van der Waals surface area contributed by atoms with Crippen molar-refractivity contribution in [2.24, 2.45) is 0 Å². The van der Waals surface area contributed by atoms with Crippen LogP contribution in [0.2, 0.25) is 0 Å². The molecule has 0 bridgehead atoms. The highest BCUT2D eigenvalue weighted by molar-refractivity contribution is 5.87. The van der Waals surface area contributed by atoms with E-state index in [0.717, 1.165) is 22.4 Å². The Morgan fingerprint density at radius 2 is 1.41 bits per heavy atom. The molecule has 0 radical (unpaired) electrons. The maximum Gasteiger partial charge on any atom is 0.325 e. The Labute approximate surface area is 189 Å². The van der Waals surface area contributed by atoms with Gasteiger partial charge in [-0.25, -0.2) is 0 Å². The number of nitrogens with one attached hydrogen (secondary N) is 2. The fourth-order valence-electron chi connectivity index (χ4n) is 3.65. The average Bonchev–Trinajstić information content (AvgIpc) is 2.82. The van der Waals surface area contributed by atoms with Crippen molar-refractivity contribution in [1.29, 1.82) is 0 Å².